The molecule has 1 unspecified atom stereocenters. The normalized spacial score (nSPS) is 20.7. The van der Waals surface area contributed by atoms with Crippen molar-refractivity contribution < 1.29 is 14.5 Å². The van der Waals surface area contributed by atoms with Crippen molar-refractivity contribution in [2.24, 2.45) is 0 Å². The van der Waals surface area contributed by atoms with Crippen molar-refractivity contribution in [2.45, 2.75) is 72.0 Å². The van der Waals surface area contributed by atoms with Crippen LogP contribution in [-0.2, 0) is 11.3 Å². The van der Waals surface area contributed by atoms with Crippen molar-refractivity contribution in [2.75, 3.05) is 4.90 Å². The van der Waals surface area contributed by atoms with Gasteiger partial charge in [0.2, 0.25) is 0 Å². The minimum atomic E-state index is -0.476. The summed E-state index contributed by atoms with van der Waals surface area (Å²) in [6, 6.07) is 10.6. The van der Waals surface area contributed by atoms with E-state index in [-0.39, 0.29) is 28.9 Å². The number of thioether (sulfide) groups is 1. The highest BCUT2D eigenvalue weighted by molar-refractivity contribution is 8.18. The number of imide groups is 1. The lowest BCUT2D eigenvalue weighted by atomic mass is 9.78. The van der Waals surface area contributed by atoms with Crippen molar-refractivity contribution in [3.05, 3.63) is 73.7 Å². The van der Waals surface area contributed by atoms with Crippen LogP contribution in [-0.4, -0.2) is 32.6 Å². The second kappa shape index (κ2) is 9.15. The minimum absolute atomic E-state index is 0.0284. The number of hydrogen-bond donors (Lipinski definition) is 0. The summed E-state index contributed by atoms with van der Waals surface area (Å²) in [4.78, 5) is 40.2. The van der Waals surface area contributed by atoms with E-state index in [4.69, 9.17) is 0 Å². The molecule has 0 bridgehead atoms. The fourth-order valence-corrected chi connectivity index (χ4v) is 6.26. The summed E-state index contributed by atoms with van der Waals surface area (Å²) < 4.78 is 0. The molecule has 2 aliphatic heterocycles. The maximum absolute atomic E-state index is 13.1. The maximum atomic E-state index is 13.1. The number of nitrogens with zero attached hydrogens (tertiary/aromatic N) is 3. The molecule has 1 saturated heterocycles. The molecule has 8 heteroatoms. The Kier molecular flexibility index (Phi) is 6.53. The molecule has 0 saturated carbocycles. The Morgan fingerprint density at radius 3 is 2.46 bits per heavy atom. The number of rotatable bonds is 5. The van der Waals surface area contributed by atoms with Gasteiger partial charge in [0.15, 0.2) is 0 Å². The van der Waals surface area contributed by atoms with Gasteiger partial charge in [-0.25, -0.2) is 0 Å². The van der Waals surface area contributed by atoms with Gasteiger partial charge in [0, 0.05) is 29.4 Å². The minimum Gasteiger partial charge on any atom is -0.364 e. The van der Waals surface area contributed by atoms with Crippen molar-refractivity contribution >= 4 is 40.4 Å². The number of amides is 2. The molecule has 2 aliphatic rings. The van der Waals surface area contributed by atoms with E-state index in [0.717, 1.165) is 29.3 Å². The number of benzene rings is 2. The van der Waals surface area contributed by atoms with Crippen LogP contribution in [0.25, 0.3) is 6.08 Å². The lowest BCUT2D eigenvalue weighted by Gasteiger charge is -2.50. The van der Waals surface area contributed by atoms with Crippen molar-refractivity contribution in [1.29, 1.82) is 0 Å². The van der Waals surface area contributed by atoms with E-state index < -0.39 is 4.92 Å². The van der Waals surface area contributed by atoms with Crippen LogP contribution in [0.2, 0.25) is 0 Å². The third-order valence-corrected chi connectivity index (χ3v) is 7.74. The third kappa shape index (κ3) is 4.72. The quantitative estimate of drug-likeness (QED) is 0.264. The summed E-state index contributed by atoms with van der Waals surface area (Å²) in [7, 11) is 0. The van der Waals surface area contributed by atoms with E-state index >= 15 is 0 Å². The largest absolute Gasteiger partial charge is 0.364 e. The van der Waals surface area contributed by atoms with E-state index in [1.807, 2.05) is 13.0 Å². The number of carbonyl (C=O) groups excluding carboxylic acids is 2. The SMILES string of the molecule is Cc1cc2c(cc1/C=C1\SC(=O)N(Cc3ccc([N+](=O)[O-])cc3)C1=O)C(C)CC(C)(C)N2C(C)C. The molecule has 7 nitrogen and oxygen atoms in total. The van der Waals surface area contributed by atoms with Gasteiger partial charge < -0.3 is 4.90 Å². The highest BCUT2D eigenvalue weighted by Gasteiger charge is 2.39. The molecule has 2 aromatic carbocycles. The fraction of sp³-hybridized carbons (Fsp3) is 0.407. The van der Waals surface area contributed by atoms with Gasteiger partial charge in [-0.1, -0.05) is 19.1 Å². The molecule has 184 valence electrons. The van der Waals surface area contributed by atoms with Crippen molar-refractivity contribution in [1.82, 2.24) is 4.90 Å². The number of fused-ring (bicyclic) bond motifs is 1. The molecular weight excluding hydrogens is 462 g/mol. The van der Waals surface area contributed by atoms with Crippen LogP contribution in [0.15, 0.2) is 41.3 Å². The Bertz CT molecular complexity index is 1230. The zero-order chi connectivity index (χ0) is 25.7. The smallest absolute Gasteiger partial charge is 0.293 e. The number of nitro benzene ring substituents is 1. The van der Waals surface area contributed by atoms with Crippen LogP contribution in [0.5, 0.6) is 0 Å². The fourth-order valence-electron chi connectivity index (χ4n) is 5.43. The Balaban J connectivity index is 1.63. The number of anilines is 1. The molecule has 1 fully saturated rings. The molecule has 4 rings (SSSR count). The van der Waals surface area contributed by atoms with Gasteiger partial charge >= 0.3 is 0 Å². The second-order valence-corrected chi connectivity index (χ2v) is 11.3. The molecular formula is C27H31N3O4S. The highest BCUT2D eigenvalue weighted by Crippen LogP contribution is 2.46. The van der Waals surface area contributed by atoms with Crippen LogP contribution in [0, 0.1) is 17.0 Å². The topological polar surface area (TPSA) is 83.8 Å². The average Bonchev–Trinajstić information content (AvgIpc) is 3.01. The highest BCUT2D eigenvalue weighted by atomic mass is 32.2. The van der Waals surface area contributed by atoms with Gasteiger partial charge in [0.25, 0.3) is 16.8 Å². The molecule has 35 heavy (non-hydrogen) atoms. The van der Waals surface area contributed by atoms with Gasteiger partial charge in [-0.3, -0.25) is 24.6 Å². The maximum Gasteiger partial charge on any atom is 0.293 e. The predicted octanol–water partition coefficient (Wildman–Crippen LogP) is 6.64. The number of aryl methyl sites for hydroxylation is 1. The van der Waals surface area contributed by atoms with Gasteiger partial charge in [0.05, 0.1) is 16.4 Å². The summed E-state index contributed by atoms with van der Waals surface area (Å²) in [5.74, 6) is 0.0356. The van der Waals surface area contributed by atoms with Crippen molar-refractivity contribution in [3.8, 4) is 0 Å². The standard InChI is InChI=1S/C27H31N3O4S/c1-16(2)29-23-11-17(3)20(12-22(23)18(4)14-27(29,5)6)13-24-25(31)28(26(32)35-24)15-19-7-9-21(10-8-19)30(33)34/h7-13,16,18H,14-15H2,1-6H3/b24-13-. The van der Waals surface area contributed by atoms with Crippen LogP contribution in [0.1, 0.15) is 69.2 Å². The molecule has 0 aliphatic carbocycles. The van der Waals surface area contributed by atoms with Crippen molar-refractivity contribution in [3.63, 3.8) is 0 Å². The van der Waals surface area contributed by atoms with Gasteiger partial charge in [-0.2, -0.15) is 0 Å². The molecule has 0 aromatic heterocycles. The van der Waals surface area contributed by atoms with E-state index in [9.17, 15) is 19.7 Å². The lowest BCUT2D eigenvalue weighted by molar-refractivity contribution is -0.384. The molecule has 0 N–H and O–H groups in total. The first-order valence-corrected chi connectivity index (χ1v) is 12.6. The van der Waals surface area contributed by atoms with E-state index in [1.54, 1.807) is 12.1 Å². The summed E-state index contributed by atoms with van der Waals surface area (Å²) in [6.45, 7) is 13.4. The Labute approximate surface area is 210 Å². The monoisotopic (exact) mass is 493 g/mol. The van der Waals surface area contributed by atoms with E-state index in [2.05, 4.69) is 51.7 Å². The lowest BCUT2D eigenvalue weighted by Crippen LogP contribution is -2.51. The Hall–Kier alpha value is -3.13. The Morgan fingerprint density at radius 2 is 1.86 bits per heavy atom. The molecule has 0 radical (unpaired) electrons. The molecule has 2 amide bonds. The number of hydrogen-bond acceptors (Lipinski definition) is 6. The summed E-state index contributed by atoms with van der Waals surface area (Å²) in [6.07, 6.45) is 2.86. The summed E-state index contributed by atoms with van der Waals surface area (Å²) in [5.41, 5.74) is 5.19. The van der Waals surface area contributed by atoms with E-state index in [1.165, 1.54) is 28.3 Å². The predicted molar refractivity (Wildman–Crippen MR) is 141 cm³/mol. The zero-order valence-electron chi connectivity index (χ0n) is 21.0. The molecule has 2 aromatic rings. The van der Waals surface area contributed by atoms with Crippen LogP contribution in [0.4, 0.5) is 16.2 Å². The van der Waals surface area contributed by atoms with Crippen LogP contribution < -0.4 is 4.90 Å². The average molecular weight is 494 g/mol. The first-order chi connectivity index (χ1) is 16.4. The molecule has 1 atom stereocenters. The third-order valence-electron chi connectivity index (χ3n) is 6.83. The number of nitro groups is 1. The van der Waals surface area contributed by atoms with Gasteiger partial charge in [-0.05, 0) is 99.2 Å². The second-order valence-electron chi connectivity index (χ2n) is 10.3. The summed E-state index contributed by atoms with van der Waals surface area (Å²) in [5, 5.41) is 10.5. The number of non-ortho nitro benzene ring substituents is 1. The van der Waals surface area contributed by atoms with Crippen LogP contribution in [0.3, 0.4) is 0 Å². The van der Waals surface area contributed by atoms with E-state index in [0.29, 0.717) is 22.4 Å². The van der Waals surface area contributed by atoms with Gasteiger partial charge in [0.1, 0.15) is 0 Å². The first kappa shape index (κ1) is 25.0. The van der Waals surface area contributed by atoms with Crippen LogP contribution >= 0.6 is 11.8 Å². The molecule has 2 heterocycles. The summed E-state index contributed by atoms with van der Waals surface area (Å²) >= 11 is 0.936. The zero-order valence-corrected chi connectivity index (χ0v) is 21.8. The molecule has 0 spiro atoms. The van der Waals surface area contributed by atoms with Gasteiger partial charge in [-0.15, -0.1) is 0 Å². The first-order valence-electron chi connectivity index (χ1n) is 11.8. The Morgan fingerprint density at radius 1 is 1.20 bits per heavy atom. The number of carbonyl (C=O) groups is 2.